The van der Waals surface area contributed by atoms with Crippen LogP contribution in [0.4, 0.5) is 11.4 Å². The molecule has 0 radical (unpaired) electrons. The van der Waals surface area contributed by atoms with Crippen LogP contribution in [0, 0.1) is 10.1 Å². The first-order valence-corrected chi connectivity index (χ1v) is 9.62. The van der Waals surface area contributed by atoms with Gasteiger partial charge in [-0.1, -0.05) is 18.2 Å². The lowest BCUT2D eigenvalue weighted by molar-refractivity contribution is -0.384. The summed E-state index contributed by atoms with van der Waals surface area (Å²) < 4.78 is 5.19. The lowest BCUT2D eigenvalue weighted by Crippen LogP contribution is -2.40. The van der Waals surface area contributed by atoms with Gasteiger partial charge in [-0.2, -0.15) is 0 Å². The molecule has 0 aliphatic heterocycles. The Hall–Kier alpha value is -2.87. The summed E-state index contributed by atoms with van der Waals surface area (Å²) in [5.74, 6) is -0.824. The molecule has 148 valence electrons. The van der Waals surface area contributed by atoms with Gasteiger partial charge >= 0.3 is 5.97 Å². The maximum Gasteiger partial charge on any atom is 0.319 e. The number of para-hydroxylation sites is 1. The fourth-order valence-electron chi connectivity index (χ4n) is 2.54. The third-order valence-corrected chi connectivity index (χ3v) is 4.94. The Bertz CT molecular complexity index is 824. The predicted octanol–water partition coefficient (Wildman–Crippen LogP) is 4.06. The highest BCUT2D eigenvalue weighted by Crippen LogP contribution is 2.26. The smallest absolute Gasteiger partial charge is 0.319 e. The highest BCUT2D eigenvalue weighted by molar-refractivity contribution is 8.00. The Kier molecular flexibility index (Phi) is 7.57. The van der Waals surface area contributed by atoms with Gasteiger partial charge in [0, 0.05) is 28.8 Å². The van der Waals surface area contributed by atoms with Gasteiger partial charge in [-0.05, 0) is 45.0 Å². The highest BCUT2D eigenvalue weighted by Gasteiger charge is 2.22. The number of esters is 1. The maximum atomic E-state index is 12.5. The Labute approximate surface area is 167 Å². The fourth-order valence-corrected chi connectivity index (χ4v) is 3.40. The second-order valence-electron chi connectivity index (χ2n) is 6.31. The Morgan fingerprint density at radius 2 is 1.68 bits per heavy atom. The number of ether oxygens (including phenoxy) is 1. The molecule has 0 aromatic heterocycles. The first kappa shape index (κ1) is 21.4. The molecule has 0 N–H and O–H groups in total. The molecule has 8 heteroatoms. The van der Waals surface area contributed by atoms with Gasteiger partial charge in [0.15, 0.2) is 6.61 Å². The van der Waals surface area contributed by atoms with Crippen molar-refractivity contribution in [2.75, 3.05) is 11.5 Å². The molecule has 0 saturated carbocycles. The van der Waals surface area contributed by atoms with E-state index in [4.69, 9.17) is 4.74 Å². The molecule has 0 aliphatic rings. The van der Waals surface area contributed by atoms with E-state index >= 15 is 0 Å². The van der Waals surface area contributed by atoms with Crippen LogP contribution >= 0.6 is 11.8 Å². The topological polar surface area (TPSA) is 89.8 Å². The van der Waals surface area contributed by atoms with Crippen LogP contribution in [-0.2, 0) is 14.3 Å². The maximum absolute atomic E-state index is 12.5. The van der Waals surface area contributed by atoms with Crippen LogP contribution < -0.4 is 4.90 Å². The summed E-state index contributed by atoms with van der Waals surface area (Å²) in [5.41, 5.74) is 0.728. The number of benzene rings is 2. The van der Waals surface area contributed by atoms with Gasteiger partial charge in [0.25, 0.3) is 11.6 Å². The number of thioether (sulfide) groups is 1. The number of carbonyl (C=O) groups excluding carboxylic acids is 2. The molecule has 7 nitrogen and oxygen atoms in total. The molecule has 2 aromatic rings. The number of anilines is 1. The summed E-state index contributed by atoms with van der Waals surface area (Å²) in [5, 5.41) is 10.1. The van der Waals surface area contributed by atoms with Crippen molar-refractivity contribution < 1.29 is 19.2 Å². The van der Waals surface area contributed by atoms with E-state index in [1.807, 2.05) is 44.2 Å². The zero-order valence-corrected chi connectivity index (χ0v) is 16.7. The summed E-state index contributed by atoms with van der Waals surface area (Å²) in [7, 11) is 0. The molecule has 0 heterocycles. The second kappa shape index (κ2) is 9.89. The van der Waals surface area contributed by atoms with E-state index in [1.54, 1.807) is 24.0 Å². The van der Waals surface area contributed by atoms with Crippen molar-refractivity contribution in [1.29, 1.82) is 0 Å². The lowest BCUT2D eigenvalue weighted by atomic mass is 10.2. The number of hydrogen-bond donors (Lipinski definition) is 0. The van der Waals surface area contributed by atoms with Gasteiger partial charge in [0.1, 0.15) is 5.25 Å². The zero-order valence-electron chi connectivity index (χ0n) is 15.9. The summed E-state index contributed by atoms with van der Waals surface area (Å²) in [6, 6.07) is 15.0. The van der Waals surface area contributed by atoms with Gasteiger partial charge in [-0.3, -0.25) is 19.7 Å². The Balaban J connectivity index is 1.92. The molecule has 28 heavy (non-hydrogen) atoms. The SMILES string of the molecule is CC(C)N(C(=O)COC(=O)[C@@H](C)Sc1ccc([N+](=O)[O-])cc1)c1ccccc1. The minimum Gasteiger partial charge on any atom is -0.455 e. The van der Waals surface area contributed by atoms with E-state index in [1.165, 1.54) is 23.9 Å². The van der Waals surface area contributed by atoms with Crippen LogP contribution in [0.1, 0.15) is 20.8 Å². The highest BCUT2D eigenvalue weighted by atomic mass is 32.2. The van der Waals surface area contributed by atoms with Crippen molar-refractivity contribution in [3.8, 4) is 0 Å². The van der Waals surface area contributed by atoms with Crippen molar-refractivity contribution in [3.05, 3.63) is 64.7 Å². The molecular weight excluding hydrogens is 380 g/mol. The summed E-state index contributed by atoms with van der Waals surface area (Å²) in [6.45, 7) is 5.09. The number of rotatable bonds is 8. The van der Waals surface area contributed by atoms with E-state index < -0.39 is 16.1 Å². The second-order valence-corrected chi connectivity index (χ2v) is 7.73. The molecule has 0 saturated heterocycles. The van der Waals surface area contributed by atoms with Crippen LogP contribution in [0.25, 0.3) is 0 Å². The van der Waals surface area contributed by atoms with Crippen LogP contribution in [-0.4, -0.2) is 34.7 Å². The largest absolute Gasteiger partial charge is 0.455 e. The summed E-state index contributed by atoms with van der Waals surface area (Å²) in [4.78, 5) is 37.3. The molecule has 1 atom stereocenters. The van der Waals surface area contributed by atoms with Crippen molar-refractivity contribution in [2.24, 2.45) is 0 Å². The number of hydrogen-bond acceptors (Lipinski definition) is 6. The molecule has 0 aliphatic carbocycles. The van der Waals surface area contributed by atoms with Crippen molar-refractivity contribution in [2.45, 2.75) is 37.0 Å². The standard InChI is InChI=1S/C20H22N2O5S/c1-14(2)21(16-7-5-4-6-8-16)19(23)13-27-20(24)15(3)28-18-11-9-17(10-12-18)22(25)26/h4-12,14-15H,13H2,1-3H3/t15-/m1/s1. The van der Waals surface area contributed by atoms with E-state index in [0.717, 1.165) is 5.69 Å². The predicted molar refractivity (Wildman–Crippen MR) is 108 cm³/mol. The van der Waals surface area contributed by atoms with Crippen LogP contribution in [0.15, 0.2) is 59.5 Å². The monoisotopic (exact) mass is 402 g/mol. The minimum absolute atomic E-state index is 0.0140. The van der Waals surface area contributed by atoms with Gasteiger partial charge < -0.3 is 9.64 Å². The summed E-state index contributed by atoms with van der Waals surface area (Å²) >= 11 is 1.21. The number of nitrogens with zero attached hydrogens (tertiary/aromatic N) is 2. The van der Waals surface area contributed by atoms with Gasteiger partial charge in [0.2, 0.25) is 0 Å². The average Bonchev–Trinajstić information content (AvgIpc) is 2.67. The van der Waals surface area contributed by atoms with Crippen molar-refractivity contribution in [3.63, 3.8) is 0 Å². The van der Waals surface area contributed by atoms with Crippen LogP contribution in [0.2, 0.25) is 0 Å². The molecule has 2 rings (SSSR count). The van der Waals surface area contributed by atoms with Gasteiger partial charge in [-0.15, -0.1) is 11.8 Å². The van der Waals surface area contributed by atoms with E-state index in [-0.39, 0.29) is 24.2 Å². The fraction of sp³-hybridized carbons (Fsp3) is 0.300. The lowest BCUT2D eigenvalue weighted by Gasteiger charge is -2.26. The van der Waals surface area contributed by atoms with E-state index in [2.05, 4.69) is 0 Å². The Morgan fingerprint density at radius 3 is 2.21 bits per heavy atom. The average molecular weight is 402 g/mol. The third-order valence-electron chi connectivity index (χ3n) is 3.85. The first-order valence-electron chi connectivity index (χ1n) is 8.74. The number of non-ortho nitro benzene ring substituents is 1. The van der Waals surface area contributed by atoms with E-state index in [0.29, 0.717) is 4.90 Å². The molecular formula is C20H22N2O5S. The first-order chi connectivity index (χ1) is 13.3. The number of nitro groups is 1. The number of amides is 1. The number of nitro benzene ring substituents is 1. The molecule has 0 spiro atoms. The van der Waals surface area contributed by atoms with Gasteiger partial charge in [-0.25, -0.2) is 0 Å². The number of carbonyl (C=O) groups is 2. The van der Waals surface area contributed by atoms with Gasteiger partial charge in [0.05, 0.1) is 4.92 Å². The quantitative estimate of drug-likeness (QED) is 0.286. The zero-order chi connectivity index (χ0) is 20.7. The Morgan fingerprint density at radius 1 is 1.07 bits per heavy atom. The third kappa shape index (κ3) is 5.82. The molecule has 0 fully saturated rings. The van der Waals surface area contributed by atoms with E-state index in [9.17, 15) is 19.7 Å². The minimum atomic E-state index is -0.557. The molecule has 1 amide bonds. The summed E-state index contributed by atoms with van der Waals surface area (Å²) in [6.07, 6.45) is 0. The normalized spacial score (nSPS) is 11.7. The van der Waals surface area contributed by atoms with Crippen LogP contribution in [0.5, 0.6) is 0 Å². The molecule has 0 unspecified atom stereocenters. The molecule has 2 aromatic carbocycles. The van der Waals surface area contributed by atoms with Crippen molar-refractivity contribution in [1.82, 2.24) is 0 Å². The van der Waals surface area contributed by atoms with Crippen LogP contribution in [0.3, 0.4) is 0 Å². The molecule has 0 bridgehead atoms. The van der Waals surface area contributed by atoms with Crippen molar-refractivity contribution >= 4 is 35.0 Å².